The monoisotopic (exact) mass is 351 g/mol. The summed E-state index contributed by atoms with van der Waals surface area (Å²) in [6.07, 6.45) is 1.48. The standard InChI is InChI=1S/C13H10BrN3O2S/c14-9-3-1-4-10(7-9)16-12(18)13(19)17-15-8-11-5-2-6-20-11/h1-8H,(H,16,18)(H,17,19)/b15-8-. The Bertz CT molecular complexity index is 641. The Morgan fingerprint density at radius 1 is 1.20 bits per heavy atom. The topological polar surface area (TPSA) is 70.6 Å². The molecule has 2 N–H and O–H groups in total. The third-order valence-corrected chi connectivity index (χ3v) is 3.49. The molecule has 0 saturated heterocycles. The van der Waals surface area contributed by atoms with Gasteiger partial charge in [-0.15, -0.1) is 11.3 Å². The van der Waals surface area contributed by atoms with Crippen LogP contribution < -0.4 is 10.7 Å². The molecule has 1 aromatic carbocycles. The molecule has 0 unspecified atom stereocenters. The average molecular weight is 352 g/mol. The van der Waals surface area contributed by atoms with Crippen molar-refractivity contribution in [1.82, 2.24) is 5.43 Å². The quantitative estimate of drug-likeness (QED) is 0.506. The Morgan fingerprint density at radius 2 is 2.05 bits per heavy atom. The number of carbonyl (C=O) groups excluding carboxylic acids is 2. The van der Waals surface area contributed by atoms with E-state index >= 15 is 0 Å². The zero-order valence-corrected chi connectivity index (χ0v) is 12.6. The Hall–Kier alpha value is -1.99. The second-order valence-corrected chi connectivity index (χ2v) is 5.57. The molecular weight excluding hydrogens is 342 g/mol. The zero-order valence-electron chi connectivity index (χ0n) is 10.2. The smallest absolute Gasteiger partial charge is 0.318 e. The number of amides is 2. The van der Waals surface area contributed by atoms with Crippen LogP contribution in [0.4, 0.5) is 5.69 Å². The summed E-state index contributed by atoms with van der Waals surface area (Å²) >= 11 is 4.76. The first-order chi connectivity index (χ1) is 9.65. The van der Waals surface area contributed by atoms with Gasteiger partial charge >= 0.3 is 11.8 Å². The number of nitrogens with zero attached hydrogens (tertiary/aromatic N) is 1. The first kappa shape index (κ1) is 14.4. The van der Waals surface area contributed by atoms with Gasteiger partial charge in [0.1, 0.15) is 0 Å². The first-order valence-corrected chi connectivity index (χ1v) is 7.26. The van der Waals surface area contributed by atoms with E-state index in [-0.39, 0.29) is 0 Å². The third-order valence-electron chi connectivity index (χ3n) is 2.19. The maximum Gasteiger partial charge on any atom is 0.329 e. The highest BCUT2D eigenvalue weighted by Gasteiger charge is 2.12. The lowest BCUT2D eigenvalue weighted by Gasteiger charge is -2.03. The molecule has 1 aromatic heterocycles. The number of anilines is 1. The van der Waals surface area contributed by atoms with E-state index < -0.39 is 11.8 Å². The molecule has 0 saturated carbocycles. The van der Waals surface area contributed by atoms with Crippen molar-refractivity contribution in [3.8, 4) is 0 Å². The van der Waals surface area contributed by atoms with Gasteiger partial charge in [0.15, 0.2) is 0 Å². The summed E-state index contributed by atoms with van der Waals surface area (Å²) in [6.45, 7) is 0. The van der Waals surface area contributed by atoms with Gasteiger partial charge in [-0.05, 0) is 29.6 Å². The Morgan fingerprint density at radius 3 is 2.75 bits per heavy atom. The average Bonchev–Trinajstić information content (AvgIpc) is 2.91. The molecule has 2 aromatic rings. The van der Waals surface area contributed by atoms with Crippen LogP contribution >= 0.6 is 27.3 Å². The molecule has 1 heterocycles. The third kappa shape index (κ3) is 4.29. The van der Waals surface area contributed by atoms with E-state index in [4.69, 9.17) is 0 Å². The van der Waals surface area contributed by atoms with Crippen LogP contribution in [0.1, 0.15) is 4.88 Å². The number of thiophene rings is 1. The number of rotatable bonds is 3. The maximum atomic E-state index is 11.6. The van der Waals surface area contributed by atoms with E-state index in [9.17, 15) is 9.59 Å². The summed E-state index contributed by atoms with van der Waals surface area (Å²) in [4.78, 5) is 24.0. The lowest BCUT2D eigenvalue weighted by molar-refractivity contribution is -0.136. The molecule has 2 rings (SSSR count). The lowest BCUT2D eigenvalue weighted by Crippen LogP contribution is -2.32. The summed E-state index contributed by atoms with van der Waals surface area (Å²) in [5.74, 6) is -1.59. The van der Waals surface area contributed by atoms with Crippen molar-refractivity contribution in [2.24, 2.45) is 5.10 Å². The van der Waals surface area contributed by atoms with Crippen LogP contribution in [-0.2, 0) is 9.59 Å². The summed E-state index contributed by atoms with van der Waals surface area (Å²) in [5.41, 5.74) is 2.70. The molecule has 0 aliphatic rings. The second kappa shape index (κ2) is 6.97. The zero-order chi connectivity index (χ0) is 14.4. The second-order valence-electron chi connectivity index (χ2n) is 3.68. The van der Waals surface area contributed by atoms with Gasteiger partial charge in [0.05, 0.1) is 6.21 Å². The van der Waals surface area contributed by atoms with Gasteiger partial charge < -0.3 is 5.32 Å². The molecule has 0 fully saturated rings. The van der Waals surface area contributed by atoms with E-state index in [0.29, 0.717) is 5.69 Å². The van der Waals surface area contributed by atoms with Crippen LogP contribution in [-0.4, -0.2) is 18.0 Å². The van der Waals surface area contributed by atoms with Crippen LogP contribution in [0.15, 0.2) is 51.4 Å². The largest absolute Gasteiger partial charge is 0.329 e. The molecule has 0 aliphatic carbocycles. The number of hydrogen-bond donors (Lipinski definition) is 2. The number of benzene rings is 1. The minimum atomic E-state index is -0.821. The predicted molar refractivity (Wildman–Crippen MR) is 82.8 cm³/mol. The highest BCUT2D eigenvalue weighted by molar-refractivity contribution is 9.10. The minimum Gasteiger partial charge on any atom is -0.318 e. The maximum absolute atomic E-state index is 11.6. The van der Waals surface area contributed by atoms with Crippen molar-refractivity contribution >= 4 is 51.0 Å². The molecule has 0 bridgehead atoms. The van der Waals surface area contributed by atoms with Crippen LogP contribution in [0.5, 0.6) is 0 Å². The Labute approximate surface area is 127 Å². The number of hydrazone groups is 1. The molecule has 7 heteroatoms. The van der Waals surface area contributed by atoms with Gasteiger partial charge in [-0.1, -0.05) is 28.1 Å². The van der Waals surface area contributed by atoms with E-state index in [1.807, 2.05) is 23.6 Å². The predicted octanol–water partition coefficient (Wildman–Crippen LogP) is 2.60. The highest BCUT2D eigenvalue weighted by Crippen LogP contribution is 2.15. The van der Waals surface area contributed by atoms with Crippen molar-refractivity contribution in [3.05, 3.63) is 51.1 Å². The SMILES string of the molecule is O=C(N/N=C\c1cccs1)C(=O)Nc1cccc(Br)c1. The van der Waals surface area contributed by atoms with E-state index in [1.54, 1.807) is 18.2 Å². The van der Waals surface area contributed by atoms with E-state index in [2.05, 4.69) is 31.8 Å². The van der Waals surface area contributed by atoms with Gasteiger partial charge in [-0.25, -0.2) is 5.43 Å². The van der Waals surface area contributed by atoms with Crippen molar-refractivity contribution < 1.29 is 9.59 Å². The fraction of sp³-hybridized carbons (Fsp3) is 0. The van der Waals surface area contributed by atoms with Crippen molar-refractivity contribution in [2.75, 3.05) is 5.32 Å². The number of carbonyl (C=O) groups is 2. The van der Waals surface area contributed by atoms with Crippen LogP contribution in [0.3, 0.4) is 0 Å². The van der Waals surface area contributed by atoms with Crippen LogP contribution in [0.25, 0.3) is 0 Å². The van der Waals surface area contributed by atoms with E-state index in [1.165, 1.54) is 17.6 Å². The van der Waals surface area contributed by atoms with Gasteiger partial charge in [0.2, 0.25) is 0 Å². The first-order valence-electron chi connectivity index (χ1n) is 5.58. The lowest BCUT2D eigenvalue weighted by atomic mass is 10.3. The fourth-order valence-corrected chi connectivity index (χ4v) is 2.31. The number of hydrogen-bond acceptors (Lipinski definition) is 4. The molecule has 0 spiro atoms. The Balaban J connectivity index is 1.87. The molecule has 0 radical (unpaired) electrons. The molecular formula is C13H10BrN3O2S. The number of nitrogens with one attached hydrogen (secondary N) is 2. The molecule has 102 valence electrons. The van der Waals surface area contributed by atoms with Crippen molar-refractivity contribution in [3.63, 3.8) is 0 Å². The Kier molecular flexibility index (Phi) is 5.03. The summed E-state index contributed by atoms with van der Waals surface area (Å²) < 4.78 is 0.812. The van der Waals surface area contributed by atoms with Gasteiger partial charge in [0, 0.05) is 15.0 Å². The molecule has 2 amide bonds. The summed E-state index contributed by atoms with van der Waals surface area (Å²) in [6, 6.07) is 10.7. The van der Waals surface area contributed by atoms with E-state index in [0.717, 1.165) is 9.35 Å². The number of halogens is 1. The van der Waals surface area contributed by atoms with Crippen LogP contribution in [0.2, 0.25) is 0 Å². The van der Waals surface area contributed by atoms with Gasteiger partial charge in [-0.3, -0.25) is 9.59 Å². The minimum absolute atomic E-state index is 0.529. The van der Waals surface area contributed by atoms with Crippen LogP contribution in [0, 0.1) is 0 Å². The van der Waals surface area contributed by atoms with Gasteiger partial charge in [0.25, 0.3) is 0 Å². The normalized spacial score (nSPS) is 10.4. The molecule has 0 aliphatic heterocycles. The fourth-order valence-electron chi connectivity index (χ4n) is 1.32. The molecule has 5 nitrogen and oxygen atoms in total. The summed E-state index contributed by atoms with van der Waals surface area (Å²) in [5, 5.41) is 8.08. The van der Waals surface area contributed by atoms with Crippen molar-refractivity contribution in [1.29, 1.82) is 0 Å². The highest BCUT2D eigenvalue weighted by atomic mass is 79.9. The molecule has 20 heavy (non-hydrogen) atoms. The van der Waals surface area contributed by atoms with Crippen molar-refractivity contribution in [2.45, 2.75) is 0 Å². The van der Waals surface area contributed by atoms with Gasteiger partial charge in [-0.2, -0.15) is 5.10 Å². The summed E-state index contributed by atoms with van der Waals surface area (Å²) in [7, 11) is 0. The molecule has 0 atom stereocenters.